The van der Waals surface area contributed by atoms with Crippen LogP contribution in [-0.4, -0.2) is 25.7 Å². The summed E-state index contributed by atoms with van der Waals surface area (Å²) < 4.78 is 10.3. The second kappa shape index (κ2) is 7.36. The Labute approximate surface area is 145 Å². The average Bonchev–Trinajstić information content (AvgIpc) is 2.56. The highest BCUT2D eigenvalue weighted by atomic mass is 35.5. The van der Waals surface area contributed by atoms with E-state index < -0.39 is 0 Å². The average molecular weight is 351 g/mol. The van der Waals surface area contributed by atoms with Gasteiger partial charge in [0, 0.05) is 34.9 Å². The van der Waals surface area contributed by atoms with Crippen LogP contribution in [0.5, 0.6) is 0 Å². The van der Waals surface area contributed by atoms with Crippen LogP contribution in [0.25, 0.3) is 11.0 Å². The van der Waals surface area contributed by atoms with Crippen LogP contribution in [0.4, 0.5) is 0 Å². The largest absolute Gasteiger partial charge is 0.466 e. The van der Waals surface area contributed by atoms with Crippen LogP contribution in [0, 0.1) is 5.92 Å². The molecule has 2 aromatic rings. The summed E-state index contributed by atoms with van der Waals surface area (Å²) >= 11 is 6.08. The number of carbonyl (C=O) groups excluding carboxylic acids is 1. The van der Waals surface area contributed by atoms with Crippen LogP contribution in [0.2, 0.25) is 5.02 Å². The third kappa shape index (κ3) is 3.79. The first-order chi connectivity index (χ1) is 11.6. The van der Waals surface area contributed by atoms with Crippen molar-refractivity contribution >= 4 is 28.5 Å². The van der Waals surface area contributed by atoms with E-state index in [1.54, 1.807) is 18.2 Å². The number of carbonyl (C=O) groups is 1. The van der Waals surface area contributed by atoms with E-state index in [0.717, 1.165) is 43.4 Å². The Morgan fingerprint density at radius 2 is 2.08 bits per heavy atom. The molecule has 0 radical (unpaired) electrons. The third-order valence-electron chi connectivity index (χ3n) is 4.54. The van der Waals surface area contributed by atoms with Crippen molar-refractivity contribution in [2.75, 3.05) is 19.7 Å². The molecule has 0 saturated carbocycles. The smallest absolute Gasteiger partial charge is 0.336 e. The highest BCUT2D eigenvalue weighted by molar-refractivity contribution is 6.31. The minimum atomic E-state index is -0.347. The molecule has 128 valence electrons. The summed E-state index contributed by atoms with van der Waals surface area (Å²) in [5, 5.41) is 1.50. The molecule has 2 heterocycles. The van der Waals surface area contributed by atoms with Crippen molar-refractivity contribution in [1.82, 2.24) is 0 Å². The number of fused-ring (bicyclic) bond motifs is 1. The maximum Gasteiger partial charge on any atom is 0.336 e. The van der Waals surface area contributed by atoms with Crippen molar-refractivity contribution in [2.45, 2.75) is 26.3 Å². The van der Waals surface area contributed by atoms with Gasteiger partial charge < -0.3 is 14.1 Å². The summed E-state index contributed by atoms with van der Waals surface area (Å²) in [6.07, 6.45) is 1.63. The van der Waals surface area contributed by atoms with Gasteiger partial charge >= 0.3 is 11.6 Å². The Balaban J connectivity index is 1.73. The molecule has 0 bridgehead atoms. The predicted octanol–water partition coefficient (Wildman–Crippen LogP) is 1.80. The van der Waals surface area contributed by atoms with Crippen LogP contribution in [-0.2, 0) is 16.1 Å². The van der Waals surface area contributed by atoms with Gasteiger partial charge in [-0.15, -0.1) is 0 Å². The van der Waals surface area contributed by atoms with Gasteiger partial charge in [0.05, 0.1) is 25.6 Å². The number of ether oxygens (including phenoxy) is 1. The van der Waals surface area contributed by atoms with Crippen molar-refractivity contribution in [3.05, 3.63) is 45.3 Å². The van der Waals surface area contributed by atoms with Gasteiger partial charge in [-0.2, -0.15) is 0 Å². The molecule has 1 saturated heterocycles. The van der Waals surface area contributed by atoms with Gasteiger partial charge in [0.2, 0.25) is 0 Å². The van der Waals surface area contributed by atoms with Gasteiger partial charge in [0.25, 0.3) is 0 Å². The second-order valence-corrected chi connectivity index (χ2v) is 6.62. The highest BCUT2D eigenvalue weighted by Crippen LogP contribution is 2.21. The molecule has 5 nitrogen and oxygen atoms in total. The number of esters is 1. The standard InChI is InChI=1S/C18H20ClNO4/c1-2-23-18(22)12-5-7-20(8-6-12)11-13-9-17(21)24-16-4-3-14(19)10-15(13)16/h3-4,9-10,12H,2,5-8,11H2,1H3/p+1. The first-order valence-electron chi connectivity index (χ1n) is 8.29. The lowest BCUT2D eigenvalue weighted by molar-refractivity contribution is -0.919. The van der Waals surface area contributed by atoms with Crippen LogP contribution < -0.4 is 10.5 Å². The second-order valence-electron chi connectivity index (χ2n) is 6.18. The lowest BCUT2D eigenvalue weighted by Gasteiger charge is -2.28. The van der Waals surface area contributed by atoms with Gasteiger partial charge in [-0.1, -0.05) is 11.6 Å². The van der Waals surface area contributed by atoms with Crippen LogP contribution >= 0.6 is 11.6 Å². The number of rotatable bonds is 4. The number of hydrogen-bond donors (Lipinski definition) is 1. The molecule has 6 heteroatoms. The van der Waals surface area contributed by atoms with E-state index in [1.807, 2.05) is 13.0 Å². The Kier molecular flexibility index (Phi) is 5.21. The zero-order chi connectivity index (χ0) is 17.1. The predicted molar refractivity (Wildman–Crippen MR) is 91.3 cm³/mol. The molecule has 0 unspecified atom stereocenters. The molecule has 0 amide bonds. The third-order valence-corrected chi connectivity index (χ3v) is 4.78. The van der Waals surface area contributed by atoms with E-state index in [-0.39, 0.29) is 17.5 Å². The maximum atomic E-state index is 11.8. The molecule has 24 heavy (non-hydrogen) atoms. The normalized spacial score (nSPS) is 20.9. The molecule has 0 atom stereocenters. The van der Waals surface area contributed by atoms with E-state index in [0.29, 0.717) is 17.2 Å². The summed E-state index contributed by atoms with van der Waals surface area (Å²) in [5.41, 5.74) is 1.15. The topological polar surface area (TPSA) is 61.0 Å². The van der Waals surface area contributed by atoms with Crippen molar-refractivity contribution in [1.29, 1.82) is 0 Å². The number of piperidine rings is 1. The molecular formula is C18H21ClNO4+. The van der Waals surface area contributed by atoms with E-state index in [9.17, 15) is 9.59 Å². The fourth-order valence-electron chi connectivity index (χ4n) is 3.31. The summed E-state index contributed by atoms with van der Waals surface area (Å²) in [5.74, 6) is -0.0881. The van der Waals surface area contributed by atoms with Gasteiger partial charge in [0.15, 0.2) is 0 Å². The summed E-state index contributed by atoms with van der Waals surface area (Å²) in [6.45, 7) is 4.74. The lowest BCUT2D eigenvalue weighted by atomic mass is 9.96. The SMILES string of the molecule is CCOC(=O)C1CC[NH+](Cc2cc(=O)oc3ccc(Cl)cc23)CC1. The van der Waals surface area contributed by atoms with Crippen LogP contribution in [0.15, 0.2) is 33.5 Å². The summed E-state index contributed by atoms with van der Waals surface area (Å²) in [4.78, 5) is 24.9. The van der Waals surface area contributed by atoms with Gasteiger partial charge in [-0.25, -0.2) is 4.79 Å². The monoisotopic (exact) mass is 350 g/mol. The molecule has 0 spiro atoms. The van der Waals surface area contributed by atoms with Crippen LogP contribution in [0.3, 0.4) is 0 Å². The molecule has 1 aromatic heterocycles. The molecule has 3 rings (SSSR count). The summed E-state index contributed by atoms with van der Waals surface area (Å²) in [6, 6.07) is 6.82. The Morgan fingerprint density at radius 1 is 1.33 bits per heavy atom. The van der Waals surface area contributed by atoms with Crippen molar-refractivity contribution in [3.63, 3.8) is 0 Å². The number of benzene rings is 1. The Bertz CT molecular complexity index is 793. The number of quaternary nitrogens is 1. The fraction of sp³-hybridized carbons (Fsp3) is 0.444. The molecule has 0 aliphatic carbocycles. The molecule has 1 fully saturated rings. The zero-order valence-corrected chi connectivity index (χ0v) is 14.4. The minimum Gasteiger partial charge on any atom is -0.466 e. The van der Waals surface area contributed by atoms with E-state index in [1.165, 1.54) is 4.90 Å². The van der Waals surface area contributed by atoms with Crippen molar-refractivity contribution < 1.29 is 18.8 Å². The number of likely N-dealkylation sites (tertiary alicyclic amines) is 1. The van der Waals surface area contributed by atoms with Gasteiger partial charge in [0.1, 0.15) is 12.1 Å². The minimum absolute atomic E-state index is 0.000677. The number of hydrogen-bond acceptors (Lipinski definition) is 4. The molecular weight excluding hydrogens is 330 g/mol. The number of halogens is 1. The highest BCUT2D eigenvalue weighted by Gasteiger charge is 2.28. The fourth-order valence-corrected chi connectivity index (χ4v) is 3.49. The molecule has 1 aliphatic rings. The van der Waals surface area contributed by atoms with E-state index in [4.69, 9.17) is 20.8 Å². The Morgan fingerprint density at radius 3 is 2.79 bits per heavy atom. The lowest BCUT2D eigenvalue weighted by Crippen LogP contribution is -3.11. The Hall–Kier alpha value is -1.85. The number of nitrogens with one attached hydrogen (secondary N) is 1. The van der Waals surface area contributed by atoms with Crippen molar-refractivity contribution in [2.24, 2.45) is 5.92 Å². The van der Waals surface area contributed by atoms with Crippen LogP contribution in [0.1, 0.15) is 25.3 Å². The zero-order valence-electron chi connectivity index (χ0n) is 13.6. The van der Waals surface area contributed by atoms with E-state index >= 15 is 0 Å². The first kappa shape index (κ1) is 17.0. The molecule has 1 aliphatic heterocycles. The molecule has 1 N–H and O–H groups in total. The van der Waals surface area contributed by atoms with Gasteiger partial charge in [-0.3, -0.25) is 4.79 Å². The quantitative estimate of drug-likeness (QED) is 0.675. The summed E-state index contributed by atoms with van der Waals surface area (Å²) in [7, 11) is 0. The van der Waals surface area contributed by atoms with Gasteiger partial charge in [-0.05, 0) is 25.1 Å². The molecule has 1 aromatic carbocycles. The van der Waals surface area contributed by atoms with E-state index in [2.05, 4.69) is 0 Å². The first-order valence-corrected chi connectivity index (χ1v) is 8.67. The maximum absolute atomic E-state index is 11.8. The van der Waals surface area contributed by atoms with Crippen molar-refractivity contribution in [3.8, 4) is 0 Å².